The van der Waals surface area contributed by atoms with Gasteiger partial charge in [0.2, 0.25) is 0 Å². The summed E-state index contributed by atoms with van der Waals surface area (Å²) in [6.07, 6.45) is 0.157. The third-order valence-electron chi connectivity index (χ3n) is 2.03. The van der Waals surface area contributed by atoms with Crippen LogP contribution in [0.2, 0.25) is 0 Å². The first-order valence-electron chi connectivity index (χ1n) is 4.36. The van der Waals surface area contributed by atoms with Gasteiger partial charge in [0.05, 0.1) is 4.92 Å². The van der Waals surface area contributed by atoms with Gasteiger partial charge in [0.1, 0.15) is 5.82 Å². The number of rotatable bonds is 4. The van der Waals surface area contributed by atoms with E-state index in [0.717, 1.165) is 18.2 Å². The van der Waals surface area contributed by atoms with Crippen LogP contribution in [0.5, 0.6) is 0 Å². The first-order chi connectivity index (χ1) is 7.06. The van der Waals surface area contributed by atoms with Gasteiger partial charge >= 0.3 is 0 Å². The zero-order chi connectivity index (χ0) is 11.4. The summed E-state index contributed by atoms with van der Waals surface area (Å²) in [4.78, 5) is 9.99. The fraction of sp³-hybridized carbons (Fsp3) is 0.333. The van der Waals surface area contributed by atoms with Crippen molar-refractivity contribution in [3.05, 3.63) is 39.7 Å². The molecule has 5 nitrogen and oxygen atoms in total. The Hall–Kier alpha value is -1.53. The molecule has 3 N–H and O–H groups in total. The van der Waals surface area contributed by atoms with Crippen LogP contribution in [0.3, 0.4) is 0 Å². The smallest absolute Gasteiger partial charge is 0.274 e. The van der Waals surface area contributed by atoms with Gasteiger partial charge in [-0.2, -0.15) is 0 Å². The minimum absolute atomic E-state index is 0.106. The van der Waals surface area contributed by atoms with Gasteiger partial charge in [-0.25, -0.2) is 4.39 Å². The van der Waals surface area contributed by atoms with Crippen molar-refractivity contribution < 1.29 is 14.4 Å². The number of hydrogen-bond acceptors (Lipinski definition) is 4. The second-order valence-electron chi connectivity index (χ2n) is 3.08. The van der Waals surface area contributed by atoms with Gasteiger partial charge < -0.3 is 10.8 Å². The van der Waals surface area contributed by atoms with Gasteiger partial charge in [-0.3, -0.25) is 10.1 Å². The van der Waals surface area contributed by atoms with Gasteiger partial charge in [0.15, 0.2) is 0 Å². The summed E-state index contributed by atoms with van der Waals surface area (Å²) in [6.45, 7) is -0.200. The second kappa shape index (κ2) is 4.81. The minimum atomic E-state index is -0.730. The number of halogens is 1. The largest absolute Gasteiger partial charge is 0.396 e. The number of hydrogen-bond donors (Lipinski definition) is 2. The highest BCUT2D eigenvalue weighted by Gasteiger charge is 2.19. The predicted molar refractivity (Wildman–Crippen MR) is 51.7 cm³/mol. The molecule has 0 radical (unpaired) electrons. The van der Waals surface area contributed by atoms with Crippen LogP contribution in [-0.4, -0.2) is 16.6 Å². The summed E-state index contributed by atoms with van der Waals surface area (Å²) in [5.74, 6) is -0.580. The van der Waals surface area contributed by atoms with Gasteiger partial charge in [-0.05, 0) is 18.6 Å². The van der Waals surface area contributed by atoms with Crippen LogP contribution in [-0.2, 0) is 0 Å². The van der Waals surface area contributed by atoms with Gasteiger partial charge in [-0.1, -0.05) is 0 Å². The molecule has 82 valence electrons. The van der Waals surface area contributed by atoms with Gasteiger partial charge in [-0.15, -0.1) is 0 Å². The molecule has 15 heavy (non-hydrogen) atoms. The molecule has 0 aliphatic rings. The first-order valence-corrected chi connectivity index (χ1v) is 4.36. The highest BCUT2D eigenvalue weighted by molar-refractivity contribution is 5.42. The van der Waals surface area contributed by atoms with E-state index in [2.05, 4.69) is 0 Å². The van der Waals surface area contributed by atoms with Crippen molar-refractivity contribution in [3.8, 4) is 0 Å². The monoisotopic (exact) mass is 214 g/mol. The quantitative estimate of drug-likeness (QED) is 0.580. The van der Waals surface area contributed by atoms with Crippen LogP contribution >= 0.6 is 0 Å². The maximum absolute atomic E-state index is 12.9. The Balaban J connectivity index is 3.12. The molecule has 6 heteroatoms. The van der Waals surface area contributed by atoms with Crippen LogP contribution in [0.1, 0.15) is 18.0 Å². The van der Waals surface area contributed by atoms with Crippen molar-refractivity contribution in [1.82, 2.24) is 0 Å². The van der Waals surface area contributed by atoms with E-state index in [1.54, 1.807) is 0 Å². The molecule has 0 aliphatic heterocycles. The van der Waals surface area contributed by atoms with Crippen molar-refractivity contribution in [1.29, 1.82) is 0 Å². The molecule has 0 aromatic heterocycles. The molecule has 0 aliphatic carbocycles. The molecule has 1 aromatic carbocycles. The molecule has 0 amide bonds. The summed E-state index contributed by atoms with van der Waals surface area (Å²) >= 11 is 0. The van der Waals surface area contributed by atoms with Crippen molar-refractivity contribution in [2.24, 2.45) is 5.73 Å². The maximum Gasteiger partial charge on any atom is 0.274 e. The highest BCUT2D eigenvalue weighted by atomic mass is 19.1. The van der Waals surface area contributed by atoms with Crippen LogP contribution in [0.4, 0.5) is 10.1 Å². The molecule has 0 saturated carbocycles. The van der Waals surface area contributed by atoms with E-state index in [0.29, 0.717) is 0 Å². The number of benzene rings is 1. The Kier molecular flexibility index (Phi) is 3.70. The molecule has 1 atom stereocenters. The molecule has 0 bridgehead atoms. The fourth-order valence-electron chi connectivity index (χ4n) is 1.28. The number of nitro groups is 1. The topological polar surface area (TPSA) is 89.4 Å². The average Bonchev–Trinajstić information content (AvgIpc) is 2.17. The lowest BCUT2D eigenvalue weighted by Crippen LogP contribution is -2.14. The molecule has 0 heterocycles. The van der Waals surface area contributed by atoms with E-state index in [1.165, 1.54) is 0 Å². The summed E-state index contributed by atoms with van der Waals surface area (Å²) in [6, 6.07) is 2.37. The van der Waals surface area contributed by atoms with E-state index in [-0.39, 0.29) is 24.3 Å². The second-order valence-corrected chi connectivity index (χ2v) is 3.08. The average molecular weight is 214 g/mol. The van der Waals surface area contributed by atoms with E-state index < -0.39 is 16.8 Å². The minimum Gasteiger partial charge on any atom is -0.396 e. The normalized spacial score (nSPS) is 12.5. The Morgan fingerprint density at radius 3 is 2.80 bits per heavy atom. The Labute approximate surface area is 85.5 Å². The van der Waals surface area contributed by atoms with Crippen molar-refractivity contribution >= 4 is 5.69 Å². The number of nitro benzene ring substituents is 1. The number of aliphatic hydroxyl groups is 1. The standard InChI is InChI=1S/C9H11FN2O3/c10-6-1-2-9(12(14)15)7(5-6)8(11)3-4-13/h1-2,5,8,13H,3-4,11H2/t8-/m1/s1. The summed E-state index contributed by atoms with van der Waals surface area (Å²) in [5, 5.41) is 19.3. The van der Waals surface area contributed by atoms with E-state index >= 15 is 0 Å². The molecular formula is C9H11FN2O3. The Morgan fingerprint density at radius 2 is 2.27 bits per heavy atom. The van der Waals surface area contributed by atoms with Crippen molar-refractivity contribution in [3.63, 3.8) is 0 Å². The summed E-state index contributed by atoms with van der Waals surface area (Å²) < 4.78 is 12.9. The molecule has 0 saturated heterocycles. The third kappa shape index (κ3) is 2.71. The van der Waals surface area contributed by atoms with E-state index in [9.17, 15) is 14.5 Å². The van der Waals surface area contributed by atoms with E-state index in [4.69, 9.17) is 10.8 Å². The third-order valence-corrected chi connectivity index (χ3v) is 2.03. The number of nitrogens with two attached hydrogens (primary N) is 1. The lowest BCUT2D eigenvalue weighted by atomic mass is 10.0. The molecule has 0 spiro atoms. The molecule has 1 rings (SSSR count). The predicted octanol–water partition coefficient (Wildman–Crippen LogP) is 1.12. The number of aliphatic hydroxyl groups excluding tert-OH is 1. The van der Waals surface area contributed by atoms with Crippen molar-refractivity contribution in [2.75, 3.05) is 6.61 Å². The van der Waals surface area contributed by atoms with Crippen LogP contribution in [0, 0.1) is 15.9 Å². The van der Waals surface area contributed by atoms with Gasteiger partial charge in [0, 0.05) is 24.3 Å². The Morgan fingerprint density at radius 1 is 1.60 bits per heavy atom. The Bertz CT molecular complexity index is 370. The summed E-state index contributed by atoms with van der Waals surface area (Å²) in [5.41, 5.74) is 5.46. The molecular weight excluding hydrogens is 203 g/mol. The maximum atomic E-state index is 12.9. The lowest BCUT2D eigenvalue weighted by molar-refractivity contribution is -0.385. The number of nitrogens with zero attached hydrogens (tertiary/aromatic N) is 1. The summed E-state index contributed by atoms with van der Waals surface area (Å²) in [7, 11) is 0. The highest BCUT2D eigenvalue weighted by Crippen LogP contribution is 2.26. The first kappa shape index (κ1) is 11.5. The van der Waals surface area contributed by atoms with Crippen LogP contribution < -0.4 is 5.73 Å². The fourth-order valence-corrected chi connectivity index (χ4v) is 1.28. The molecule has 1 aromatic rings. The van der Waals surface area contributed by atoms with Gasteiger partial charge in [0.25, 0.3) is 5.69 Å². The van der Waals surface area contributed by atoms with E-state index in [1.807, 2.05) is 0 Å². The van der Waals surface area contributed by atoms with Crippen LogP contribution in [0.15, 0.2) is 18.2 Å². The molecule has 0 unspecified atom stereocenters. The molecule has 0 fully saturated rings. The van der Waals surface area contributed by atoms with Crippen LogP contribution in [0.25, 0.3) is 0 Å². The SMILES string of the molecule is N[C@H](CCO)c1cc(F)ccc1[N+](=O)[O-]. The zero-order valence-electron chi connectivity index (χ0n) is 7.89. The zero-order valence-corrected chi connectivity index (χ0v) is 7.89. The lowest BCUT2D eigenvalue weighted by Gasteiger charge is -2.10. The van der Waals surface area contributed by atoms with Crippen molar-refractivity contribution in [2.45, 2.75) is 12.5 Å².